The van der Waals surface area contributed by atoms with Gasteiger partial charge in [0.05, 0.1) is 5.69 Å². The van der Waals surface area contributed by atoms with E-state index in [1.165, 1.54) is 103 Å². The van der Waals surface area contributed by atoms with Crippen LogP contribution in [0.3, 0.4) is 0 Å². The number of rotatable bonds is 19. The van der Waals surface area contributed by atoms with Crippen molar-refractivity contribution in [3.05, 3.63) is 30.1 Å². The summed E-state index contributed by atoms with van der Waals surface area (Å²) in [5, 5.41) is 3.16. The third-order valence-electron chi connectivity index (χ3n) is 5.31. The van der Waals surface area contributed by atoms with E-state index < -0.39 is 0 Å². The van der Waals surface area contributed by atoms with Crippen molar-refractivity contribution < 1.29 is 0 Å². The normalized spacial score (nSPS) is 10.6. The molecule has 0 spiro atoms. The molecule has 29 heavy (non-hydrogen) atoms. The summed E-state index contributed by atoms with van der Waals surface area (Å²) >= 11 is 0. The molecule has 0 aromatic carbocycles. The van der Waals surface area contributed by atoms with E-state index in [1.807, 2.05) is 18.2 Å². The van der Waals surface area contributed by atoms with Crippen molar-refractivity contribution in [2.45, 2.75) is 123 Å². The highest BCUT2D eigenvalue weighted by molar-refractivity contribution is 5.02. The minimum Gasteiger partial charge on any atom is -0.329 e. The van der Waals surface area contributed by atoms with Crippen molar-refractivity contribution in [1.29, 1.82) is 0 Å². The van der Waals surface area contributed by atoms with Crippen molar-refractivity contribution in [2.75, 3.05) is 13.1 Å². The summed E-state index contributed by atoms with van der Waals surface area (Å²) in [7, 11) is 0. The maximum atomic E-state index is 5.31. The monoisotopic (exact) mass is 405 g/mol. The van der Waals surface area contributed by atoms with Crippen LogP contribution in [-0.2, 0) is 6.54 Å². The molecule has 0 bridgehead atoms. The topological polar surface area (TPSA) is 50.9 Å². The number of aromatic nitrogens is 1. The fourth-order valence-electron chi connectivity index (χ4n) is 3.44. The van der Waals surface area contributed by atoms with Gasteiger partial charge in [-0.3, -0.25) is 4.98 Å². The van der Waals surface area contributed by atoms with Gasteiger partial charge in [-0.2, -0.15) is 0 Å². The quantitative estimate of drug-likeness (QED) is 0.236. The van der Waals surface area contributed by atoms with Gasteiger partial charge in [-0.05, 0) is 12.1 Å². The van der Waals surface area contributed by atoms with Crippen molar-refractivity contribution in [1.82, 2.24) is 10.3 Å². The number of nitrogens with one attached hydrogen (secondary N) is 1. The summed E-state index contributed by atoms with van der Waals surface area (Å²) in [6, 6.07) is 5.88. The lowest BCUT2D eigenvalue weighted by molar-refractivity contribution is 0.531. The first kappa shape index (κ1) is 28.1. The van der Waals surface area contributed by atoms with Gasteiger partial charge in [0.1, 0.15) is 0 Å². The molecule has 0 unspecified atom stereocenters. The Morgan fingerprint density at radius 2 is 1.14 bits per heavy atom. The van der Waals surface area contributed by atoms with Gasteiger partial charge in [-0.15, -0.1) is 0 Å². The van der Waals surface area contributed by atoms with Gasteiger partial charge in [-0.25, -0.2) is 0 Å². The summed E-state index contributed by atoms with van der Waals surface area (Å²) in [6.07, 6.45) is 25.2. The van der Waals surface area contributed by atoms with Gasteiger partial charge in [-0.1, -0.05) is 123 Å². The Morgan fingerprint density at radius 3 is 1.48 bits per heavy atom. The molecule has 1 aromatic rings. The molecular weight excluding hydrogens is 354 g/mol. The second-order valence-electron chi connectivity index (χ2n) is 8.24. The SMILES string of the molecule is CCCCCCCCCCCCCCCCCC.NCCNCc1ccccn1. The lowest BCUT2D eigenvalue weighted by atomic mass is 10.0. The maximum Gasteiger partial charge on any atom is 0.0541 e. The molecule has 170 valence electrons. The van der Waals surface area contributed by atoms with E-state index in [2.05, 4.69) is 24.1 Å². The minimum atomic E-state index is 0.673. The average molecular weight is 406 g/mol. The van der Waals surface area contributed by atoms with E-state index in [4.69, 9.17) is 5.73 Å². The molecule has 0 radical (unpaired) electrons. The lowest BCUT2D eigenvalue weighted by Crippen LogP contribution is -2.22. The maximum absolute atomic E-state index is 5.31. The van der Waals surface area contributed by atoms with Crippen LogP contribution in [0.1, 0.15) is 122 Å². The van der Waals surface area contributed by atoms with Crippen LogP contribution in [0.2, 0.25) is 0 Å². The van der Waals surface area contributed by atoms with Crippen molar-refractivity contribution in [2.24, 2.45) is 5.73 Å². The summed E-state index contributed by atoms with van der Waals surface area (Å²) in [6.45, 7) is 6.91. The van der Waals surface area contributed by atoms with Gasteiger partial charge in [0.2, 0.25) is 0 Å². The number of hydrogen-bond acceptors (Lipinski definition) is 3. The van der Waals surface area contributed by atoms with Gasteiger partial charge < -0.3 is 11.1 Å². The molecule has 0 amide bonds. The number of nitrogens with two attached hydrogens (primary N) is 1. The van der Waals surface area contributed by atoms with E-state index in [-0.39, 0.29) is 0 Å². The van der Waals surface area contributed by atoms with E-state index in [0.717, 1.165) is 18.8 Å². The molecule has 1 aromatic heterocycles. The first-order valence-corrected chi connectivity index (χ1v) is 12.7. The zero-order chi connectivity index (χ0) is 21.3. The predicted molar refractivity (Wildman–Crippen MR) is 130 cm³/mol. The van der Waals surface area contributed by atoms with Crippen LogP contribution >= 0.6 is 0 Å². The highest BCUT2D eigenvalue weighted by Gasteiger charge is 1.93. The zero-order valence-corrected chi connectivity index (χ0v) is 19.8. The zero-order valence-electron chi connectivity index (χ0n) is 19.8. The molecule has 0 saturated heterocycles. The smallest absolute Gasteiger partial charge is 0.0541 e. The molecule has 3 heteroatoms. The number of pyridine rings is 1. The van der Waals surface area contributed by atoms with Gasteiger partial charge >= 0.3 is 0 Å². The summed E-state index contributed by atoms with van der Waals surface area (Å²) in [5.41, 5.74) is 6.37. The van der Waals surface area contributed by atoms with Crippen LogP contribution in [0.15, 0.2) is 24.4 Å². The molecule has 3 N–H and O–H groups in total. The Bertz CT molecular complexity index is 378. The van der Waals surface area contributed by atoms with Crippen LogP contribution in [0.4, 0.5) is 0 Å². The van der Waals surface area contributed by atoms with Gasteiger partial charge in [0.15, 0.2) is 0 Å². The van der Waals surface area contributed by atoms with Gasteiger partial charge in [0, 0.05) is 25.8 Å². The highest BCUT2D eigenvalue weighted by Crippen LogP contribution is 2.13. The fourth-order valence-corrected chi connectivity index (χ4v) is 3.44. The number of nitrogens with zero attached hydrogens (tertiary/aromatic N) is 1. The summed E-state index contributed by atoms with van der Waals surface area (Å²) in [5.74, 6) is 0. The molecule has 1 rings (SSSR count). The third kappa shape index (κ3) is 23.2. The standard InChI is InChI=1S/C18H38.C8H13N3/c1-3-5-7-9-11-13-15-17-18-16-14-12-10-8-6-4-2;9-4-6-10-7-8-3-1-2-5-11-8/h3-18H2,1-2H3;1-3,5,10H,4,6-7,9H2. The molecule has 0 aliphatic carbocycles. The minimum absolute atomic E-state index is 0.673. The Hall–Kier alpha value is -0.930. The molecule has 3 nitrogen and oxygen atoms in total. The van der Waals surface area contributed by atoms with Crippen LogP contribution in [0.5, 0.6) is 0 Å². The van der Waals surface area contributed by atoms with Crippen LogP contribution in [-0.4, -0.2) is 18.1 Å². The molecule has 0 fully saturated rings. The molecule has 0 aliphatic rings. The third-order valence-corrected chi connectivity index (χ3v) is 5.31. The number of unbranched alkanes of at least 4 members (excludes halogenated alkanes) is 15. The predicted octanol–water partition coefficient (Wildman–Crippen LogP) is 7.40. The van der Waals surface area contributed by atoms with Crippen molar-refractivity contribution in [3.63, 3.8) is 0 Å². The molecular formula is C26H51N3. The molecule has 0 aliphatic heterocycles. The Balaban J connectivity index is 0.000000604. The molecule has 0 saturated carbocycles. The second kappa shape index (κ2) is 25.1. The largest absolute Gasteiger partial charge is 0.329 e. The Kier molecular flexibility index (Phi) is 24.3. The Morgan fingerprint density at radius 1 is 0.690 bits per heavy atom. The first-order chi connectivity index (χ1) is 14.3. The first-order valence-electron chi connectivity index (χ1n) is 12.7. The second-order valence-corrected chi connectivity index (χ2v) is 8.24. The van der Waals surface area contributed by atoms with Gasteiger partial charge in [0.25, 0.3) is 0 Å². The van der Waals surface area contributed by atoms with Crippen molar-refractivity contribution >= 4 is 0 Å². The van der Waals surface area contributed by atoms with E-state index >= 15 is 0 Å². The summed E-state index contributed by atoms with van der Waals surface area (Å²) < 4.78 is 0. The lowest BCUT2D eigenvalue weighted by Gasteiger charge is -2.03. The highest BCUT2D eigenvalue weighted by atomic mass is 14.9. The number of hydrogen-bond donors (Lipinski definition) is 2. The van der Waals surface area contributed by atoms with E-state index in [9.17, 15) is 0 Å². The van der Waals surface area contributed by atoms with Crippen LogP contribution < -0.4 is 11.1 Å². The van der Waals surface area contributed by atoms with Crippen LogP contribution in [0.25, 0.3) is 0 Å². The van der Waals surface area contributed by atoms with Crippen molar-refractivity contribution in [3.8, 4) is 0 Å². The van der Waals surface area contributed by atoms with E-state index in [1.54, 1.807) is 6.20 Å². The summed E-state index contributed by atoms with van der Waals surface area (Å²) in [4.78, 5) is 4.15. The van der Waals surface area contributed by atoms with E-state index in [0.29, 0.717) is 6.54 Å². The molecule has 0 atom stereocenters. The Labute approximate surface area is 182 Å². The molecule has 1 heterocycles. The average Bonchev–Trinajstić information content (AvgIpc) is 2.75. The van der Waals surface area contributed by atoms with Crippen LogP contribution in [0, 0.1) is 0 Å². The fraction of sp³-hybridized carbons (Fsp3) is 0.808.